The molecule has 2 rings (SSSR count). The van der Waals surface area contributed by atoms with E-state index in [4.69, 9.17) is 15.2 Å². The number of rotatable bonds is 3. The molecule has 0 bridgehead atoms. The topological polar surface area (TPSA) is 64.8 Å². The summed E-state index contributed by atoms with van der Waals surface area (Å²) in [6, 6.07) is 3.32. The summed E-state index contributed by atoms with van der Waals surface area (Å²) < 4.78 is 10.6. The van der Waals surface area contributed by atoms with Crippen molar-refractivity contribution in [3.63, 3.8) is 0 Å². The molecule has 5 nitrogen and oxygen atoms in total. The van der Waals surface area contributed by atoms with Gasteiger partial charge in [-0.05, 0) is 24.8 Å². The van der Waals surface area contributed by atoms with E-state index in [9.17, 15) is 4.79 Å². The Morgan fingerprint density at radius 3 is 2.45 bits per heavy atom. The van der Waals surface area contributed by atoms with Gasteiger partial charge in [-0.3, -0.25) is 4.79 Å². The van der Waals surface area contributed by atoms with Crippen LogP contribution in [0.25, 0.3) is 0 Å². The monoisotopic (exact) mass is 278 g/mol. The van der Waals surface area contributed by atoms with Gasteiger partial charge in [0.1, 0.15) is 0 Å². The smallest absolute Gasteiger partial charge is 0.257 e. The molecular weight excluding hydrogens is 256 g/mol. The lowest BCUT2D eigenvalue weighted by molar-refractivity contribution is 0.0693. The van der Waals surface area contributed by atoms with E-state index in [-0.39, 0.29) is 5.91 Å². The molecule has 1 saturated heterocycles. The normalized spacial score (nSPS) is 16.1. The summed E-state index contributed by atoms with van der Waals surface area (Å²) in [6.45, 7) is 3.77. The molecule has 1 fully saturated rings. The van der Waals surface area contributed by atoms with Gasteiger partial charge in [-0.2, -0.15) is 0 Å². The number of hydrogen-bond acceptors (Lipinski definition) is 4. The molecule has 1 aromatic carbocycles. The zero-order valence-electron chi connectivity index (χ0n) is 12.3. The maximum Gasteiger partial charge on any atom is 0.257 e. The third-order valence-corrected chi connectivity index (χ3v) is 3.80. The molecule has 1 aliphatic heterocycles. The predicted molar refractivity (Wildman–Crippen MR) is 78.3 cm³/mol. The lowest BCUT2D eigenvalue weighted by Crippen LogP contribution is -2.38. The predicted octanol–water partition coefficient (Wildman–Crippen LogP) is 2.16. The first-order valence-electron chi connectivity index (χ1n) is 6.87. The highest BCUT2D eigenvalue weighted by molar-refractivity contribution is 5.99. The average Bonchev–Trinajstić information content (AvgIpc) is 2.46. The minimum Gasteiger partial charge on any atom is -0.493 e. The Morgan fingerprint density at radius 2 is 1.90 bits per heavy atom. The van der Waals surface area contributed by atoms with Gasteiger partial charge in [0.2, 0.25) is 0 Å². The second-order valence-electron chi connectivity index (χ2n) is 5.28. The molecule has 0 aromatic heterocycles. The molecule has 5 heteroatoms. The zero-order chi connectivity index (χ0) is 14.7. The SMILES string of the molecule is COc1cc(N)cc(C(=O)N2CCC(C)CC2)c1OC. The van der Waals surface area contributed by atoms with Gasteiger partial charge in [-0.25, -0.2) is 0 Å². The molecule has 0 unspecified atom stereocenters. The van der Waals surface area contributed by atoms with E-state index in [0.717, 1.165) is 25.9 Å². The first-order valence-corrected chi connectivity index (χ1v) is 6.87. The van der Waals surface area contributed by atoms with Gasteiger partial charge in [0.15, 0.2) is 11.5 Å². The number of carbonyl (C=O) groups excluding carboxylic acids is 1. The van der Waals surface area contributed by atoms with Crippen LogP contribution in [0.5, 0.6) is 11.5 Å². The summed E-state index contributed by atoms with van der Waals surface area (Å²) in [5, 5.41) is 0. The van der Waals surface area contributed by atoms with E-state index >= 15 is 0 Å². The van der Waals surface area contributed by atoms with Crippen molar-refractivity contribution in [1.82, 2.24) is 4.90 Å². The van der Waals surface area contributed by atoms with Crippen LogP contribution in [0.1, 0.15) is 30.1 Å². The number of nitrogen functional groups attached to an aromatic ring is 1. The van der Waals surface area contributed by atoms with Crippen LogP contribution >= 0.6 is 0 Å². The highest BCUT2D eigenvalue weighted by Gasteiger charge is 2.25. The van der Waals surface area contributed by atoms with Crippen molar-refractivity contribution in [3.05, 3.63) is 17.7 Å². The number of anilines is 1. The van der Waals surface area contributed by atoms with Crippen molar-refractivity contribution in [2.45, 2.75) is 19.8 Å². The number of benzene rings is 1. The summed E-state index contributed by atoms with van der Waals surface area (Å²) in [4.78, 5) is 14.5. The Morgan fingerprint density at radius 1 is 1.25 bits per heavy atom. The van der Waals surface area contributed by atoms with Gasteiger partial charge in [0.05, 0.1) is 19.8 Å². The van der Waals surface area contributed by atoms with E-state index in [1.54, 1.807) is 12.1 Å². The lowest BCUT2D eigenvalue weighted by Gasteiger charge is -2.30. The molecular formula is C15H22N2O3. The first kappa shape index (κ1) is 14.5. The Balaban J connectivity index is 2.31. The van der Waals surface area contributed by atoms with Crippen LogP contribution < -0.4 is 15.2 Å². The summed E-state index contributed by atoms with van der Waals surface area (Å²) in [5.41, 5.74) is 6.81. The number of methoxy groups -OCH3 is 2. The second kappa shape index (κ2) is 6.03. The van der Waals surface area contributed by atoms with Crippen LogP contribution in [-0.2, 0) is 0 Å². The van der Waals surface area contributed by atoms with E-state index < -0.39 is 0 Å². The van der Waals surface area contributed by atoms with Crippen molar-refractivity contribution in [3.8, 4) is 11.5 Å². The van der Waals surface area contributed by atoms with Crippen molar-refractivity contribution < 1.29 is 14.3 Å². The molecule has 0 saturated carbocycles. The maximum absolute atomic E-state index is 12.6. The Bertz CT molecular complexity index is 494. The van der Waals surface area contributed by atoms with Gasteiger partial charge >= 0.3 is 0 Å². The standard InChI is InChI=1S/C15H22N2O3/c1-10-4-6-17(7-5-10)15(18)12-8-11(16)9-13(19-2)14(12)20-3/h8-10H,4-7,16H2,1-3H3. The minimum absolute atomic E-state index is 0.0423. The molecule has 20 heavy (non-hydrogen) atoms. The van der Waals surface area contributed by atoms with Crippen molar-refractivity contribution >= 4 is 11.6 Å². The molecule has 1 heterocycles. The number of nitrogens with zero attached hydrogens (tertiary/aromatic N) is 1. The fourth-order valence-corrected chi connectivity index (χ4v) is 2.53. The molecule has 0 aliphatic carbocycles. The molecule has 0 atom stereocenters. The zero-order valence-corrected chi connectivity index (χ0v) is 12.3. The Labute approximate surface area is 119 Å². The molecule has 1 aromatic rings. The number of carbonyl (C=O) groups is 1. The summed E-state index contributed by atoms with van der Waals surface area (Å²) in [5.74, 6) is 1.57. The van der Waals surface area contributed by atoms with E-state index in [2.05, 4.69) is 6.92 Å². The van der Waals surface area contributed by atoms with Crippen molar-refractivity contribution in [1.29, 1.82) is 0 Å². The fraction of sp³-hybridized carbons (Fsp3) is 0.533. The van der Waals surface area contributed by atoms with Crippen LogP contribution in [0.2, 0.25) is 0 Å². The average molecular weight is 278 g/mol. The lowest BCUT2D eigenvalue weighted by atomic mass is 9.98. The number of likely N-dealkylation sites (tertiary alicyclic amines) is 1. The number of ether oxygens (including phenoxy) is 2. The molecule has 110 valence electrons. The highest BCUT2D eigenvalue weighted by Crippen LogP contribution is 2.35. The fourth-order valence-electron chi connectivity index (χ4n) is 2.53. The second-order valence-corrected chi connectivity index (χ2v) is 5.28. The van der Waals surface area contributed by atoms with E-state index in [0.29, 0.717) is 28.7 Å². The van der Waals surface area contributed by atoms with Crippen LogP contribution in [0.4, 0.5) is 5.69 Å². The summed E-state index contributed by atoms with van der Waals surface area (Å²) in [6.07, 6.45) is 2.07. The third kappa shape index (κ3) is 2.81. The Hall–Kier alpha value is -1.91. The Kier molecular flexibility index (Phi) is 4.37. The quantitative estimate of drug-likeness (QED) is 0.860. The first-order chi connectivity index (χ1) is 9.56. The van der Waals surface area contributed by atoms with Crippen LogP contribution in [0.3, 0.4) is 0 Å². The van der Waals surface area contributed by atoms with Gasteiger partial charge < -0.3 is 20.1 Å². The molecule has 0 spiro atoms. The van der Waals surface area contributed by atoms with E-state index in [1.807, 2.05) is 4.90 Å². The number of amides is 1. The molecule has 2 N–H and O–H groups in total. The van der Waals surface area contributed by atoms with Crippen molar-refractivity contribution in [2.24, 2.45) is 5.92 Å². The third-order valence-electron chi connectivity index (χ3n) is 3.80. The number of hydrogen-bond donors (Lipinski definition) is 1. The van der Waals surface area contributed by atoms with Gasteiger partial charge in [-0.15, -0.1) is 0 Å². The molecule has 1 amide bonds. The molecule has 1 aliphatic rings. The highest BCUT2D eigenvalue weighted by atomic mass is 16.5. The summed E-state index contributed by atoms with van der Waals surface area (Å²) >= 11 is 0. The van der Waals surface area contributed by atoms with Crippen LogP contribution in [0, 0.1) is 5.92 Å². The van der Waals surface area contributed by atoms with E-state index in [1.165, 1.54) is 14.2 Å². The van der Waals surface area contributed by atoms with Gasteiger partial charge in [0, 0.05) is 24.8 Å². The van der Waals surface area contributed by atoms with Crippen LogP contribution in [-0.4, -0.2) is 38.1 Å². The van der Waals surface area contributed by atoms with Crippen molar-refractivity contribution in [2.75, 3.05) is 33.0 Å². The van der Waals surface area contributed by atoms with Crippen LogP contribution in [0.15, 0.2) is 12.1 Å². The van der Waals surface area contributed by atoms with Gasteiger partial charge in [0.25, 0.3) is 5.91 Å². The maximum atomic E-state index is 12.6. The van der Waals surface area contributed by atoms with Gasteiger partial charge in [-0.1, -0.05) is 6.92 Å². The number of nitrogens with two attached hydrogens (primary N) is 1. The largest absolute Gasteiger partial charge is 0.493 e. The minimum atomic E-state index is -0.0423. The summed E-state index contributed by atoms with van der Waals surface area (Å²) in [7, 11) is 3.07. The molecule has 0 radical (unpaired) electrons. The number of piperidine rings is 1.